The molecule has 0 spiro atoms. The van der Waals surface area contributed by atoms with Crippen LogP contribution in [0.5, 0.6) is 0 Å². The number of nitrogens with one attached hydrogen (secondary N) is 3. The largest absolute Gasteiger partial charge is 0.356 e. The molecule has 20 heavy (non-hydrogen) atoms. The fourth-order valence-corrected chi connectivity index (χ4v) is 2.26. The Morgan fingerprint density at radius 2 is 2.30 bits per heavy atom. The Balaban J connectivity index is 0.00000200. The smallest absolute Gasteiger partial charge is 0.191 e. The highest BCUT2D eigenvalue weighted by Crippen LogP contribution is 2.07. The van der Waals surface area contributed by atoms with Crippen molar-refractivity contribution in [2.24, 2.45) is 4.99 Å². The van der Waals surface area contributed by atoms with Gasteiger partial charge in [0.15, 0.2) is 5.96 Å². The SMILES string of the molecule is CN=C(NCCc1csc(C)n1)NCc1ccn[nH]1.I. The second kappa shape index (κ2) is 8.90. The molecule has 0 atom stereocenters. The van der Waals surface area contributed by atoms with Gasteiger partial charge in [-0.05, 0) is 13.0 Å². The summed E-state index contributed by atoms with van der Waals surface area (Å²) in [5.74, 6) is 0.779. The first kappa shape index (κ1) is 16.9. The fourth-order valence-electron chi connectivity index (χ4n) is 1.61. The third-order valence-corrected chi connectivity index (χ3v) is 3.39. The predicted molar refractivity (Wildman–Crippen MR) is 92.8 cm³/mol. The van der Waals surface area contributed by atoms with Crippen molar-refractivity contribution in [3.8, 4) is 0 Å². The molecule has 0 unspecified atom stereocenters. The maximum Gasteiger partial charge on any atom is 0.191 e. The van der Waals surface area contributed by atoms with Gasteiger partial charge >= 0.3 is 0 Å². The highest BCUT2D eigenvalue weighted by Gasteiger charge is 2.01. The van der Waals surface area contributed by atoms with Gasteiger partial charge in [-0.15, -0.1) is 35.3 Å². The quantitative estimate of drug-likeness (QED) is 0.401. The molecule has 0 saturated heterocycles. The van der Waals surface area contributed by atoms with E-state index in [4.69, 9.17) is 0 Å². The third-order valence-electron chi connectivity index (χ3n) is 2.57. The van der Waals surface area contributed by atoms with Crippen LogP contribution in [-0.2, 0) is 13.0 Å². The Morgan fingerprint density at radius 3 is 2.90 bits per heavy atom. The van der Waals surface area contributed by atoms with E-state index in [1.807, 2.05) is 13.0 Å². The average Bonchev–Trinajstić information content (AvgIpc) is 3.05. The Bertz CT molecular complexity index is 522. The second-order valence-electron chi connectivity index (χ2n) is 4.04. The van der Waals surface area contributed by atoms with Crippen molar-refractivity contribution in [2.75, 3.05) is 13.6 Å². The van der Waals surface area contributed by atoms with Crippen molar-refractivity contribution in [1.82, 2.24) is 25.8 Å². The van der Waals surface area contributed by atoms with Gasteiger partial charge in [-0.3, -0.25) is 10.1 Å². The summed E-state index contributed by atoms with van der Waals surface area (Å²) in [6, 6.07) is 1.93. The second-order valence-corrected chi connectivity index (χ2v) is 5.10. The van der Waals surface area contributed by atoms with E-state index in [0.717, 1.165) is 35.3 Å². The number of guanidine groups is 1. The van der Waals surface area contributed by atoms with Crippen LogP contribution in [0.4, 0.5) is 0 Å². The van der Waals surface area contributed by atoms with E-state index < -0.39 is 0 Å². The molecule has 0 fully saturated rings. The molecule has 0 amide bonds. The summed E-state index contributed by atoms with van der Waals surface area (Å²) in [5.41, 5.74) is 2.15. The fraction of sp³-hybridized carbons (Fsp3) is 0.417. The van der Waals surface area contributed by atoms with Crippen LogP contribution in [-0.4, -0.2) is 34.7 Å². The molecule has 110 valence electrons. The summed E-state index contributed by atoms with van der Waals surface area (Å²) < 4.78 is 0. The number of hydrogen-bond acceptors (Lipinski definition) is 4. The van der Waals surface area contributed by atoms with Crippen LogP contribution < -0.4 is 10.6 Å². The van der Waals surface area contributed by atoms with Crippen LogP contribution in [0.1, 0.15) is 16.4 Å². The highest BCUT2D eigenvalue weighted by atomic mass is 127. The molecule has 8 heteroatoms. The number of aromatic nitrogens is 3. The van der Waals surface area contributed by atoms with Gasteiger partial charge < -0.3 is 10.6 Å². The van der Waals surface area contributed by atoms with Crippen molar-refractivity contribution in [1.29, 1.82) is 0 Å². The molecular weight excluding hydrogens is 387 g/mol. The molecule has 0 aromatic carbocycles. The molecule has 0 aliphatic heterocycles. The maximum absolute atomic E-state index is 4.42. The number of rotatable bonds is 5. The molecule has 3 N–H and O–H groups in total. The molecule has 6 nitrogen and oxygen atoms in total. The summed E-state index contributed by atoms with van der Waals surface area (Å²) in [6.07, 6.45) is 2.63. The summed E-state index contributed by atoms with van der Waals surface area (Å²) in [6.45, 7) is 3.51. The van der Waals surface area contributed by atoms with E-state index in [9.17, 15) is 0 Å². The topological polar surface area (TPSA) is 78.0 Å². The van der Waals surface area contributed by atoms with E-state index in [1.165, 1.54) is 0 Å². The number of hydrogen-bond donors (Lipinski definition) is 3. The Kier molecular flexibility index (Phi) is 7.52. The molecule has 0 saturated carbocycles. The number of aromatic amines is 1. The predicted octanol–water partition coefficient (Wildman–Crippen LogP) is 1.70. The van der Waals surface area contributed by atoms with Gasteiger partial charge in [-0.2, -0.15) is 5.10 Å². The van der Waals surface area contributed by atoms with Crippen LogP contribution >= 0.6 is 35.3 Å². The van der Waals surface area contributed by atoms with Gasteiger partial charge in [-0.25, -0.2) is 4.98 Å². The highest BCUT2D eigenvalue weighted by molar-refractivity contribution is 14.0. The van der Waals surface area contributed by atoms with Crippen molar-refractivity contribution < 1.29 is 0 Å². The number of halogens is 1. The van der Waals surface area contributed by atoms with Crippen LogP contribution in [0.25, 0.3) is 0 Å². The zero-order chi connectivity index (χ0) is 13.5. The average molecular weight is 406 g/mol. The lowest BCUT2D eigenvalue weighted by Gasteiger charge is -2.10. The molecule has 0 aliphatic carbocycles. The molecule has 2 rings (SSSR count). The number of H-pyrrole nitrogens is 1. The number of thiazole rings is 1. The Hall–Kier alpha value is -1.16. The molecule has 2 aromatic rings. The molecule has 0 aliphatic rings. The minimum Gasteiger partial charge on any atom is -0.356 e. The van der Waals surface area contributed by atoms with E-state index in [0.29, 0.717) is 6.54 Å². The standard InChI is InChI=1S/C12H18N6S.HI/c1-9-17-11(8-19-9)3-5-14-12(13-2)15-7-10-4-6-16-18-10;/h4,6,8H,3,5,7H2,1-2H3,(H,16,18)(H2,13,14,15);1H. The number of aliphatic imine (C=N–C) groups is 1. The van der Waals surface area contributed by atoms with Crippen LogP contribution in [0.3, 0.4) is 0 Å². The third kappa shape index (κ3) is 5.45. The van der Waals surface area contributed by atoms with Gasteiger partial charge in [0.1, 0.15) is 0 Å². The van der Waals surface area contributed by atoms with Gasteiger partial charge in [0.25, 0.3) is 0 Å². The zero-order valence-corrected chi connectivity index (χ0v) is 14.7. The van der Waals surface area contributed by atoms with Gasteiger partial charge in [-0.1, -0.05) is 0 Å². The van der Waals surface area contributed by atoms with Crippen molar-refractivity contribution in [3.05, 3.63) is 34.0 Å². The van der Waals surface area contributed by atoms with E-state index in [2.05, 4.69) is 36.2 Å². The monoisotopic (exact) mass is 406 g/mol. The zero-order valence-electron chi connectivity index (χ0n) is 11.5. The van der Waals surface area contributed by atoms with Crippen LogP contribution in [0.2, 0.25) is 0 Å². The minimum absolute atomic E-state index is 0. The Morgan fingerprint density at radius 1 is 1.45 bits per heavy atom. The lowest BCUT2D eigenvalue weighted by Crippen LogP contribution is -2.37. The number of aryl methyl sites for hydroxylation is 1. The van der Waals surface area contributed by atoms with Gasteiger partial charge in [0.2, 0.25) is 0 Å². The summed E-state index contributed by atoms with van der Waals surface area (Å²) in [4.78, 5) is 8.59. The first-order valence-corrected chi connectivity index (χ1v) is 6.99. The molecule has 0 radical (unpaired) electrons. The van der Waals surface area contributed by atoms with Crippen molar-refractivity contribution >= 4 is 41.3 Å². The summed E-state index contributed by atoms with van der Waals surface area (Å²) in [5, 5.41) is 16.5. The van der Waals surface area contributed by atoms with Gasteiger partial charge in [0.05, 0.1) is 22.9 Å². The normalized spacial score (nSPS) is 11.0. The molecular formula is C12H19IN6S. The van der Waals surface area contributed by atoms with E-state index in [-0.39, 0.29) is 24.0 Å². The minimum atomic E-state index is 0. The van der Waals surface area contributed by atoms with Crippen molar-refractivity contribution in [2.45, 2.75) is 19.9 Å². The molecule has 0 bridgehead atoms. The number of nitrogens with zero attached hydrogens (tertiary/aromatic N) is 3. The summed E-state index contributed by atoms with van der Waals surface area (Å²) in [7, 11) is 1.76. The van der Waals surface area contributed by atoms with E-state index in [1.54, 1.807) is 24.6 Å². The molecule has 2 heterocycles. The first-order valence-electron chi connectivity index (χ1n) is 6.11. The first-order chi connectivity index (χ1) is 9.28. The van der Waals surface area contributed by atoms with Gasteiger partial charge in [0, 0.05) is 31.6 Å². The summed E-state index contributed by atoms with van der Waals surface area (Å²) >= 11 is 1.68. The van der Waals surface area contributed by atoms with Crippen LogP contribution in [0.15, 0.2) is 22.6 Å². The maximum atomic E-state index is 4.42. The lowest BCUT2D eigenvalue weighted by molar-refractivity contribution is 0.773. The lowest BCUT2D eigenvalue weighted by atomic mass is 10.3. The van der Waals surface area contributed by atoms with Crippen molar-refractivity contribution in [3.63, 3.8) is 0 Å². The van der Waals surface area contributed by atoms with E-state index >= 15 is 0 Å². The Labute approximate surface area is 139 Å². The molecule has 2 aromatic heterocycles. The van der Waals surface area contributed by atoms with Crippen LogP contribution in [0, 0.1) is 6.92 Å².